The van der Waals surface area contributed by atoms with E-state index < -0.39 is 11.9 Å². The third-order valence-electron chi connectivity index (χ3n) is 5.31. The molecule has 1 saturated heterocycles. The lowest BCUT2D eigenvalue weighted by Gasteiger charge is -2.14. The molecule has 0 aromatic heterocycles. The van der Waals surface area contributed by atoms with Gasteiger partial charge in [-0.25, -0.2) is 4.79 Å². The summed E-state index contributed by atoms with van der Waals surface area (Å²) in [5.74, 6) is -0.0566. The Morgan fingerprint density at radius 2 is 1.86 bits per heavy atom. The summed E-state index contributed by atoms with van der Waals surface area (Å²) in [6.07, 6.45) is 1.54. The van der Waals surface area contributed by atoms with E-state index in [0.717, 1.165) is 38.0 Å². The fraction of sp³-hybridized carbons (Fsp3) is 0.148. The van der Waals surface area contributed by atoms with Crippen LogP contribution in [0.3, 0.4) is 0 Å². The Balaban J connectivity index is 1.49. The molecule has 4 rings (SSSR count). The average molecular weight is 587 g/mol. The Bertz CT molecular complexity index is 1390. The van der Waals surface area contributed by atoms with Crippen molar-refractivity contribution in [3.8, 4) is 11.5 Å². The Labute approximate surface area is 226 Å². The fourth-order valence-corrected chi connectivity index (χ4v) is 4.87. The zero-order valence-electron chi connectivity index (χ0n) is 19.4. The lowest BCUT2D eigenvalue weighted by molar-refractivity contribution is -0.123. The van der Waals surface area contributed by atoms with E-state index in [1.807, 2.05) is 32.0 Å². The normalized spacial score (nSPS) is 14.4. The summed E-state index contributed by atoms with van der Waals surface area (Å²) in [5, 5.41) is 0.0268. The van der Waals surface area contributed by atoms with Crippen LogP contribution in [-0.4, -0.2) is 35.2 Å². The number of imide groups is 1. The van der Waals surface area contributed by atoms with Crippen molar-refractivity contribution in [3.63, 3.8) is 0 Å². The Morgan fingerprint density at radius 3 is 2.64 bits per heavy atom. The highest BCUT2D eigenvalue weighted by molar-refractivity contribution is 9.10. The van der Waals surface area contributed by atoms with Gasteiger partial charge in [0.1, 0.15) is 18.1 Å². The number of thioether (sulfide) groups is 1. The standard InChI is InChI=1S/C27H21BrClNO5S/c1-16-6-7-17(2)23(12-16)34-11-10-30-25(31)24(36-27(30)33)15-19-13-20(28)8-9-22(19)35-26(32)18-4-3-5-21(29)14-18/h3-9,12-15H,10-11H2,1-2H3/b24-15-. The number of esters is 1. The predicted octanol–water partition coefficient (Wildman–Crippen LogP) is 7.05. The summed E-state index contributed by atoms with van der Waals surface area (Å²) in [5.41, 5.74) is 2.80. The molecule has 1 fully saturated rings. The highest BCUT2D eigenvalue weighted by atomic mass is 79.9. The number of aryl methyl sites for hydroxylation is 2. The molecule has 0 atom stereocenters. The lowest BCUT2D eigenvalue weighted by Crippen LogP contribution is -2.32. The van der Waals surface area contributed by atoms with Gasteiger partial charge in [0.15, 0.2) is 0 Å². The molecule has 2 amide bonds. The van der Waals surface area contributed by atoms with Gasteiger partial charge >= 0.3 is 5.97 Å². The molecular weight excluding hydrogens is 566 g/mol. The van der Waals surface area contributed by atoms with Crippen LogP contribution in [-0.2, 0) is 4.79 Å². The monoisotopic (exact) mass is 585 g/mol. The average Bonchev–Trinajstić information content (AvgIpc) is 3.10. The van der Waals surface area contributed by atoms with E-state index in [1.54, 1.807) is 42.5 Å². The van der Waals surface area contributed by atoms with E-state index in [-0.39, 0.29) is 29.0 Å². The van der Waals surface area contributed by atoms with Gasteiger partial charge in [0.2, 0.25) is 0 Å². The molecule has 0 N–H and O–H groups in total. The Kier molecular flexibility index (Phi) is 8.18. The number of nitrogens with zero attached hydrogens (tertiary/aromatic N) is 1. The van der Waals surface area contributed by atoms with E-state index >= 15 is 0 Å². The molecule has 184 valence electrons. The second-order valence-electron chi connectivity index (χ2n) is 8.03. The molecule has 0 saturated carbocycles. The minimum absolute atomic E-state index is 0.116. The minimum Gasteiger partial charge on any atom is -0.491 e. The minimum atomic E-state index is -0.592. The van der Waals surface area contributed by atoms with Crippen molar-refractivity contribution in [1.29, 1.82) is 0 Å². The van der Waals surface area contributed by atoms with Crippen molar-refractivity contribution in [1.82, 2.24) is 4.90 Å². The predicted molar refractivity (Wildman–Crippen MR) is 145 cm³/mol. The van der Waals surface area contributed by atoms with Crippen LogP contribution >= 0.6 is 39.3 Å². The van der Waals surface area contributed by atoms with Crippen molar-refractivity contribution >= 4 is 62.5 Å². The van der Waals surface area contributed by atoms with Gasteiger partial charge in [0, 0.05) is 15.1 Å². The number of hydrogen-bond acceptors (Lipinski definition) is 6. The first-order valence-corrected chi connectivity index (χ1v) is 12.9. The summed E-state index contributed by atoms with van der Waals surface area (Å²) in [6.45, 7) is 4.20. The van der Waals surface area contributed by atoms with E-state index in [4.69, 9.17) is 21.1 Å². The molecule has 0 spiro atoms. The third kappa shape index (κ3) is 6.19. The molecule has 1 aliphatic heterocycles. The first-order chi connectivity index (χ1) is 17.2. The van der Waals surface area contributed by atoms with Crippen molar-refractivity contribution in [2.75, 3.05) is 13.2 Å². The van der Waals surface area contributed by atoms with E-state index in [9.17, 15) is 14.4 Å². The SMILES string of the molecule is Cc1ccc(C)c(OCCN2C(=O)S/C(=C\c3cc(Br)ccc3OC(=O)c3cccc(Cl)c3)C2=O)c1. The molecule has 1 aliphatic rings. The van der Waals surface area contributed by atoms with Crippen molar-refractivity contribution in [2.45, 2.75) is 13.8 Å². The van der Waals surface area contributed by atoms with Crippen molar-refractivity contribution < 1.29 is 23.9 Å². The summed E-state index contributed by atoms with van der Waals surface area (Å²) in [4.78, 5) is 39.6. The molecule has 3 aromatic rings. The molecule has 36 heavy (non-hydrogen) atoms. The maximum absolute atomic E-state index is 13.0. The Morgan fingerprint density at radius 1 is 1.06 bits per heavy atom. The maximum atomic E-state index is 13.0. The van der Waals surface area contributed by atoms with Crippen LogP contribution in [0.1, 0.15) is 27.0 Å². The molecule has 3 aromatic carbocycles. The summed E-state index contributed by atoms with van der Waals surface area (Å²) in [7, 11) is 0. The van der Waals surface area contributed by atoms with Crippen LogP contribution in [0.15, 0.2) is 70.0 Å². The highest BCUT2D eigenvalue weighted by Crippen LogP contribution is 2.35. The number of halogens is 2. The molecule has 6 nitrogen and oxygen atoms in total. The zero-order valence-corrected chi connectivity index (χ0v) is 22.6. The Hall–Kier alpha value is -3.07. The van der Waals surface area contributed by atoms with Crippen LogP contribution in [0.2, 0.25) is 5.02 Å². The van der Waals surface area contributed by atoms with Gasteiger partial charge in [-0.3, -0.25) is 14.5 Å². The van der Waals surface area contributed by atoms with Crippen LogP contribution in [0.4, 0.5) is 4.79 Å². The summed E-state index contributed by atoms with van der Waals surface area (Å²) >= 11 is 10.2. The van der Waals surface area contributed by atoms with Gasteiger partial charge in [0.25, 0.3) is 11.1 Å². The van der Waals surface area contributed by atoms with E-state index in [1.165, 1.54) is 6.07 Å². The molecular formula is C27H21BrClNO5S. The first kappa shape index (κ1) is 26.0. The van der Waals surface area contributed by atoms with E-state index in [0.29, 0.717) is 16.1 Å². The fourth-order valence-electron chi connectivity index (χ4n) is 3.44. The van der Waals surface area contributed by atoms with Crippen LogP contribution in [0.5, 0.6) is 11.5 Å². The van der Waals surface area contributed by atoms with E-state index in [2.05, 4.69) is 15.9 Å². The van der Waals surface area contributed by atoms with Crippen molar-refractivity contribution in [2.24, 2.45) is 0 Å². The van der Waals surface area contributed by atoms with Crippen LogP contribution in [0, 0.1) is 13.8 Å². The number of ether oxygens (including phenoxy) is 2. The van der Waals surface area contributed by atoms with Crippen molar-refractivity contribution in [3.05, 3.63) is 97.3 Å². The van der Waals surface area contributed by atoms with Crippen LogP contribution < -0.4 is 9.47 Å². The smallest absolute Gasteiger partial charge is 0.343 e. The van der Waals surface area contributed by atoms with Gasteiger partial charge in [-0.15, -0.1) is 0 Å². The molecule has 1 heterocycles. The second-order valence-corrected chi connectivity index (χ2v) is 10.4. The summed E-state index contributed by atoms with van der Waals surface area (Å²) in [6, 6.07) is 17.3. The third-order valence-corrected chi connectivity index (χ3v) is 6.95. The number of hydrogen-bond donors (Lipinski definition) is 0. The topological polar surface area (TPSA) is 72.9 Å². The number of benzene rings is 3. The van der Waals surface area contributed by atoms with Gasteiger partial charge in [-0.1, -0.05) is 45.7 Å². The number of carbonyl (C=O) groups is 3. The van der Waals surface area contributed by atoms with Gasteiger partial charge < -0.3 is 9.47 Å². The molecule has 0 unspecified atom stereocenters. The maximum Gasteiger partial charge on any atom is 0.343 e. The molecule has 0 bridgehead atoms. The second kappa shape index (κ2) is 11.3. The lowest BCUT2D eigenvalue weighted by atomic mass is 10.1. The van der Waals surface area contributed by atoms with Gasteiger partial charge in [-0.05, 0) is 85.3 Å². The van der Waals surface area contributed by atoms with Gasteiger partial charge in [-0.2, -0.15) is 0 Å². The first-order valence-electron chi connectivity index (χ1n) is 10.9. The number of amides is 2. The zero-order chi connectivity index (χ0) is 25.8. The molecule has 9 heteroatoms. The largest absolute Gasteiger partial charge is 0.491 e. The quantitative estimate of drug-likeness (QED) is 0.168. The summed E-state index contributed by atoms with van der Waals surface area (Å²) < 4.78 is 12.1. The molecule has 0 aliphatic carbocycles. The van der Waals surface area contributed by atoms with Crippen LogP contribution in [0.25, 0.3) is 6.08 Å². The molecule has 0 radical (unpaired) electrons. The van der Waals surface area contributed by atoms with Gasteiger partial charge in [0.05, 0.1) is 17.0 Å². The number of carbonyl (C=O) groups excluding carboxylic acids is 3. The number of rotatable bonds is 7. The highest BCUT2D eigenvalue weighted by Gasteiger charge is 2.35.